The molecule has 0 unspecified atom stereocenters. The molecule has 0 atom stereocenters. The summed E-state index contributed by atoms with van der Waals surface area (Å²) in [6.07, 6.45) is 0. The van der Waals surface area contributed by atoms with E-state index in [9.17, 15) is 13.2 Å². The zero-order valence-electron chi connectivity index (χ0n) is 11.6. The van der Waals surface area contributed by atoms with Crippen LogP contribution in [0.15, 0.2) is 62.7 Å². The first-order valence-electron chi connectivity index (χ1n) is 6.43. The number of nitrogens with zero attached hydrogens (tertiary/aromatic N) is 2. The van der Waals surface area contributed by atoms with Crippen molar-refractivity contribution in [3.05, 3.63) is 63.5 Å². The molecule has 0 spiro atoms. The van der Waals surface area contributed by atoms with Gasteiger partial charge >= 0.3 is 5.69 Å². The third-order valence-corrected chi connectivity index (χ3v) is 4.79. The second-order valence-corrected chi connectivity index (χ2v) is 7.12. The van der Waals surface area contributed by atoms with Crippen LogP contribution in [0.3, 0.4) is 0 Å². The SMILES string of the molecule is NS(=O)(=O)c1ccc(-n2[nH]c(=O)nc2-c2ccccc2Br)cc1. The molecule has 3 N–H and O–H groups in total. The molecular formula is C14H11BrN4O3S. The Morgan fingerprint density at radius 3 is 2.35 bits per heavy atom. The van der Waals surface area contributed by atoms with E-state index in [1.165, 1.54) is 28.9 Å². The molecule has 1 aromatic heterocycles. The minimum atomic E-state index is -3.77. The van der Waals surface area contributed by atoms with E-state index in [4.69, 9.17) is 5.14 Å². The zero-order valence-corrected chi connectivity index (χ0v) is 14.0. The lowest BCUT2D eigenvalue weighted by atomic mass is 10.2. The average molecular weight is 395 g/mol. The summed E-state index contributed by atoms with van der Waals surface area (Å²) in [4.78, 5) is 15.6. The van der Waals surface area contributed by atoms with E-state index in [1.54, 1.807) is 0 Å². The average Bonchev–Trinajstić information content (AvgIpc) is 2.89. The van der Waals surface area contributed by atoms with Crippen LogP contribution in [0.1, 0.15) is 0 Å². The lowest BCUT2D eigenvalue weighted by Gasteiger charge is -2.08. The van der Waals surface area contributed by atoms with Crippen LogP contribution in [-0.2, 0) is 10.0 Å². The fourth-order valence-electron chi connectivity index (χ4n) is 2.11. The Kier molecular flexibility index (Phi) is 3.92. The van der Waals surface area contributed by atoms with Gasteiger partial charge in [0.25, 0.3) is 0 Å². The number of halogens is 1. The molecule has 0 aliphatic rings. The highest BCUT2D eigenvalue weighted by Gasteiger charge is 2.14. The maximum atomic E-state index is 11.7. The quantitative estimate of drug-likeness (QED) is 0.702. The topological polar surface area (TPSA) is 111 Å². The summed E-state index contributed by atoms with van der Waals surface area (Å²) in [6, 6.07) is 13.1. The number of nitrogens with one attached hydrogen (secondary N) is 1. The first kappa shape index (κ1) is 15.7. The normalized spacial score (nSPS) is 11.6. The van der Waals surface area contributed by atoms with Crippen LogP contribution in [-0.4, -0.2) is 23.2 Å². The van der Waals surface area contributed by atoms with Crippen LogP contribution in [0, 0.1) is 0 Å². The van der Waals surface area contributed by atoms with Gasteiger partial charge in [-0.25, -0.2) is 28.1 Å². The predicted octanol–water partition coefficient (Wildman–Crippen LogP) is 1.64. The molecule has 0 amide bonds. The number of aromatic amines is 1. The monoisotopic (exact) mass is 394 g/mol. The molecular weight excluding hydrogens is 384 g/mol. The number of hydrogen-bond acceptors (Lipinski definition) is 4. The molecule has 0 aliphatic heterocycles. The third kappa shape index (κ3) is 3.11. The van der Waals surface area contributed by atoms with Crippen molar-refractivity contribution in [3.63, 3.8) is 0 Å². The lowest BCUT2D eigenvalue weighted by molar-refractivity contribution is 0.598. The maximum absolute atomic E-state index is 11.7. The van der Waals surface area contributed by atoms with E-state index < -0.39 is 15.7 Å². The van der Waals surface area contributed by atoms with E-state index in [-0.39, 0.29) is 4.90 Å². The summed E-state index contributed by atoms with van der Waals surface area (Å²) in [5.74, 6) is 0.408. The second-order valence-electron chi connectivity index (χ2n) is 4.71. The molecule has 7 nitrogen and oxygen atoms in total. The Morgan fingerprint density at radius 2 is 1.74 bits per heavy atom. The molecule has 1 heterocycles. The molecule has 0 bridgehead atoms. The van der Waals surface area contributed by atoms with Gasteiger partial charge in [0.15, 0.2) is 5.82 Å². The van der Waals surface area contributed by atoms with Crippen molar-refractivity contribution in [2.75, 3.05) is 0 Å². The highest BCUT2D eigenvalue weighted by Crippen LogP contribution is 2.27. The number of sulfonamides is 1. The lowest BCUT2D eigenvalue weighted by Crippen LogP contribution is -2.12. The van der Waals surface area contributed by atoms with Crippen molar-refractivity contribution >= 4 is 26.0 Å². The summed E-state index contributed by atoms with van der Waals surface area (Å²) in [5, 5.41) is 7.67. The molecule has 0 saturated heterocycles. The van der Waals surface area contributed by atoms with Gasteiger partial charge in [0, 0.05) is 10.0 Å². The van der Waals surface area contributed by atoms with Crippen molar-refractivity contribution in [3.8, 4) is 17.1 Å². The predicted molar refractivity (Wildman–Crippen MR) is 88.7 cm³/mol. The maximum Gasteiger partial charge on any atom is 0.362 e. The molecule has 23 heavy (non-hydrogen) atoms. The first-order chi connectivity index (χ1) is 10.9. The number of aromatic nitrogens is 3. The van der Waals surface area contributed by atoms with E-state index in [2.05, 4.69) is 26.0 Å². The van der Waals surface area contributed by atoms with Gasteiger partial charge < -0.3 is 0 Å². The fourth-order valence-corrected chi connectivity index (χ4v) is 3.09. The molecule has 0 fully saturated rings. The summed E-state index contributed by atoms with van der Waals surface area (Å²) in [6.45, 7) is 0. The Morgan fingerprint density at radius 1 is 1.09 bits per heavy atom. The van der Waals surface area contributed by atoms with Crippen molar-refractivity contribution < 1.29 is 8.42 Å². The van der Waals surface area contributed by atoms with Crippen LogP contribution in [0.2, 0.25) is 0 Å². The van der Waals surface area contributed by atoms with Crippen LogP contribution < -0.4 is 10.8 Å². The summed E-state index contributed by atoms with van der Waals surface area (Å²) >= 11 is 3.42. The van der Waals surface area contributed by atoms with Gasteiger partial charge in [-0.2, -0.15) is 4.98 Å². The highest BCUT2D eigenvalue weighted by atomic mass is 79.9. The molecule has 118 valence electrons. The van der Waals surface area contributed by atoms with Crippen molar-refractivity contribution in [1.82, 2.24) is 14.8 Å². The fraction of sp³-hybridized carbons (Fsp3) is 0. The van der Waals surface area contributed by atoms with Crippen LogP contribution in [0.5, 0.6) is 0 Å². The Balaban J connectivity index is 2.15. The minimum absolute atomic E-state index is 0.00819. The number of primary sulfonamides is 1. The zero-order chi connectivity index (χ0) is 16.6. The van der Waals surface area contributed by atoms with Gasteiger partial charge in [-0.1, -0.05) is 34.1 Å². The van der Waals surface area contributed by atoms with Crippen LogP contribution in [0.4, 0.5) is 0 Å². The molecule has 0 aliphatic carbocycles. The van der Waals surface area contributed by atoms with E-state index in [0.717, 1.165) is 10.0 Å². The van der Waals surface area contributed by atoms with Crippen molar-refractivity contribution in [1.29, 1.82) is 0 Å². The molecule has 3 aromatic rings. The van der Waals surface area contributed by atoms with Crippen LogP contribution >= 0.6 is 15.9 Å². The summed E-state index contributed by atoms with van der Waals surface area (Å²) < 4.78 is 24.9. The van der Waals surface area contributed by atoms with E-state index in [1.807, 2.05) is 24.3 Å². The highest BCUT2D eigenvalue weighted by molar-refractivity contribution is 9.10. The molecule has 0 saturated carbocycles. The minimum Gasteiger partial charge on any atom is -0.244 e. The van der Waals surface area contributed by atoms with E-state index in [0.29, 0.717) is 11.5 Å². The summed E-state index contributed by atoms with van der Waals surface area (Å²) in [7, 11) is -3.77. The molecule has 3 rings (SSSR count). The van der Waals surface area contributed by atoms with Gasteiger partial charge in [0.05, 0.1) is 10.6 Å². The number of benzene rings is 2. The molecule has 2 aromatic carbocycles. The second kappa shape index (κ2) is 5.76. The number of nitrogens with two attached hydrogens (primary N) is 1. The van der Waals surface area contributed by atoms with Gasteiger partial charge in [-0.05, 0) is 30.3 Å². The van der Waals surface area contributed by atoms with Gasteiger partial charge in [0.1, 0.15) is 0 Å². The Labute approximate surface area is 140 Å². The number of H-pyrrole nitrogens is 1. The Bertz CT molecular complexity index is 1020. The smallest absolute Gasteiger partial charge is 0.244 e. The van der Waals surface area contributed by atoms with Gasteiger partial charge in [0.2, 0.25) is 10.0 Å². The van der Waals surface area contributed by atoms with Gasteiger partial charge in [-0.3, -0.25) is 0 Å². The Hall–Kier alpha value is -2.23. The molecule has 0 radical (unpaired) electrons. The van der Waals surface area contributed by atoms with Gasteiger partial charge in [-0.15, -0.1) is 0 Å². The standard InChI is InChI=1S/C14H11BrN4O3S/c15-12-4-2-1-3-11(12)13-17-14(20)18-19(13)9-5-7-10(8-6-9)23(16,21)22/h1-8H,(H,18,20)(H2,16,21,22). The van der Waals surface area contributed by atoms with Crippen molar-refractivity contribution in [2.24, 2.45) is 5.14 Å². The number of hydrogen-bond donors (Lipinski definition) is 2. The number of rotatable bonds is 3. The van der Waals surface area contributed by atoms with Crippen LogP contribution in [0.25, 0.3) is 17.1 Å². The largest absolute Gasteiger partial charge is 0.362 e. The molecule has 9 heteroatoms. The third-order valence-electron chi connectivity index (χ3n) is 3.16. The van der Waals surface area contributed by atoms with Crippen molar-refractivity contribution in [2.45, 2.75) is 4.90 Å². The summed E-state index contributed by atoms with van der Waals surface area (Å²) in [5.41, 5.74) is 0.769. The first-order valence-corrected chi connectivity index (χ1v) is 8.77. The van der Waals surface area contributed by atoms with E-state index >= 15 is 0 Å².